The summed E-state index contributed by atoms with van der Waals surface area (Å²) >= 11 is 9.38. The molecule has 0 aliphatic rings. The minimum Gasteiger partial charge on any atom is -0.486 e. The monoisotopic (exact) mass is 327 g/mol. The summed E-state index contributed by atoms with van der Waals surface area (Å²) in [5.41, 5.74) is 0.741. The Labute approximate surface area is 118 Å². The molecule has 94 valence electrons. The van der Waals surface area contributed by atoms with Crippen molar-refractivity contribution in [3.05, 3.63) is 45.8 Å². The Morgan fingerprint density at radius 3 is 2.83 bits per heavy atom. The van der Waals surface area contributed by atoms with E-state index in [0.717, 1.165) is 16.0 Å². The van der Waals surface area contributed by atoms with E-state index in [9.17, 15) is 0 Å². The summed E-state index contributed by atoms with van der Waals surface area (Å²) in [7, 11) is 1.79. The molecule has 0 bridgehead atoms. The molecular formula is C12H11BrClN3O. The minimum atomic E-state index is 0.327. The molecule has 1 aromatic carbocycles. The molecule has 0 aliphatic heterocycles. The molecule has 1 aromatic heterocycles. The molecule has 0 saturated heterocycles. The van der Waals surface area contributed by atoms with Gasteiger partial charge in [-0.2, -0.15) is 0 Å². The fourth-order valence-corrected chi connectivity index (χ4v) is 1.81. The van der Waals surface area contributed by atoms with Crippen molar-refractivity contribution in [1.29, 1.82) is 0 Å². The molecule has 1 heterocycles. The number of nitrogens with one attached hydrogen (secondary N) is 1. The van der Waals surface area contributed by atoms with E-state index >= 15 is 0 Å². The average molecular weight is 329 g/mol. The maximum Gasteiger partial charge on any atom is 0.144 e. The van der Waals surface area contributed by atoms with Crippen LogP contribution in [0.3, 0.4) is 0 Å². The fourth-order valence-electron chi connectivity index (χ4n) is 1.30. The summed E-state index contributed by atoms with van der Waals surface area (Å²) in [5, 5.41) is 3.47. The number of hydrogen-bond acceptors (Lipinski definition) is 4. The van der Waals surface area contributed by atoms with Gasteiger partial charge in [-0.25, -0.2) is 4.98 Å². The van der Waals surface area contributed by atoms with Gasteiger partial charge in [0.2, 0.25) is 0 Å². The minimum absolute atomic E-state index is 0.327. The molecule has 2 aromatic rings. The van der Waals surface area contributed by atoms with Crippen molar-refractivity contribution in [2.75, 3.05) is 12.4 Å². The standard InChI is InChI=1S/C12H11BrClN3O/c1-15-12-6-16-9(5-17-12)7-18-11-4-8(13)2-3-10(11)14/h2-6H,7H2,1H3,(H,15,17). The molecule has 0 spiro atoms. The third kappa shape index (κ3) is 3.34. The SMILES string of the molecule is CNc1cnc(COc2cc(Br)ccc2Cl)cn1. The maximum atomic E-state index is 6.02. The quantitative estimate of drug-likeness (QED) is 0.933. The van der Waals surface area contributed by atoms with Gasteiger partial charge >= 0.3 is 0 Å². The predicted molar refractivity (Wildman–Crippen MR) is 75.1 cm³/mol. The van der Waals surface area contributed by atoms with E-state index in [1.54, 1.807) is 25.5 Å². The lowest BCUT2D eigenvalue weighted by Crippen LogP contribution is -2.01. The zero-order valence-corrected chi connectivity index (χ0v) is 12.0. The van der Waals surface area contributed by atoms with Crippen LogP contribution in [-0.2, 0) is 6.61 Å². The smallest absolute Gasteiger partial charge is 0.144 e. The number of aromatic nitrogens is 2. The second-order valence-corrected chi connectivity index (χ2v) is 4.83. The van der Waals surface area contributed by atoms with Gasteiger partial charge in [-0.15, -0.1) is 0 Å². The Balaban J connectivity index is 2.04. The third-order valence-corrected chi connectivity index (χ3v) is 3.04. The first-order valence-corrected chi connectivity index (χ1v) is 6.42. The Kier molecular flexibility index (Phi) is 4.38. The highest BCUT2D eigenvalue weighted by atomic mass is 79.9. The fraction of sp³-hybridized carbons (Fsp3) is 0.167. The summed E-state index contributed by atoms with van der Waals surface area (Å²) < 4.78 is 6.51. The van der Waals surface area contributed by atoms with Crippen molar-refractivity contribution in [2.45, 2.75) is 6.61 Å². The van der Waals surface area contributed by atoms with E-state index in [2.05, 4.69) is 31.2 Å². The Bertz CT molecular complexity index is 533. The van der Waals surface area contributed by atoms with Crippen LogP contribution < -0.4 is 10.1 Å². The second kappa shape index (κ2) is 6.02. The second-order valence-electron chi connectivity index (χ2n) is 3.51. The molecule has 0 saturated carbocycles. The topological polar surface area (TPSA) is 47.0 Å². The molecule has 1 N–H and O–H groups in total. The average Bonchev–Trinajstić information content (AvgIpc) is 2.40. The maximum absolute atomic E-state index is 6.02. The highest BCUT2D eigenvalue weighted by Gasteiger charge is 2.04. The van der Waals surface area contributed by atoms with Gasteiger partial charge in [0.05, 0.1) is 23.1 Å². The molecule has 0 unspecified atom stereocenters. The molecule has 0 fully saturated rings. The first-order chi connectivity index (χ1) is 8.69. The summed E-state index contributed by atoms with van der Waals surface area (Å²) in [6, 6.07) is 5.45. The molecule has 18 heavy (non-hydrogen) atoms. The molecule has 6 heteroatoms. The van der Waals surface area contributed by atoms with Gasteiger partial charge in [0.15, 0.2) is 0 Å². The van der Waals surface area contributed by atoms with Crippen LogP contribution in [0.2, 0.25) is 5.02 Å². The summed E-state index contributed by atoms with van der Waals surface area (Å²) in [5.74, 6) is 1.34. The van der Waals surface area contributed by atoms with Crippen molar-refractivity contribution in [1.82, 2.24) is 9.97 Å². The lowest BCUT2D eigenvalue weighted by molar-refractivity contribution is 0.301. The third-order valence-electron chi connectivity index (χ3n) is 2.23. The molecule has 0 radical (unpaired) electrons. The number of anilines is 1. The van der Waals surface area contributed by atoms with Crippen LogP contribution in [0.5, 0.6) is 5.75 Å². The Hall–Kier alpha value is -1.33. The molecule has 0 atom stereocenters. The number of hydrogen-bond donors (Lipinski definition) is 1. The highest BCUT2D eigenvalue weighted by molar-refractivity contribution is 9.10. The van der Waals surface area contributed by atoms with Gasteiger partial charge in [-0.1, -0.05) is 27.5 Å². The largest absolute Gasteiger partial charge is 0.486 e. The lowest BCUT2D eigenvalue weighted by Gasteiger charge is -2.08. The molecular weight excluding hydrogens is 318 g/mol. The van der Waals surface area contributed by atoms with E-state index in [-0.39, 0.29) is 0 Å². The Morgan fingerprint density at radius 2 is 2.17 bits per heavy atom. The van der Waals surface area contributed by atoms with Gasteiger partial charge in [0.25, 0.3) is 0 Å². The molecule has 4 nitrogen and oxygen atoms in total. The van der Waals surface area contributed by atoms with E-state index in [0.29, 0.717) is 17.4 Å². The van der Waals surface area contributed by atoms with Gasteiger partial charge in [0, 0.05) is 11.5 Å². The number of halogens is 2. The lowest BCUT2D eigenvalue weighted by atomic mass is 10.3. The van der Waals surface area contributed by atoms with Crippen LogP contribution in [-0.4, -0.2) is 17.0 Å². The Morgan fingerprint density at radius 1 is 1.33 bits per heavy atom. The predicted octanol–water partition coefficient (Wildman–Crippen LogP) is 3.51. The van der Waals surface area contributed by atoms with E-state index in [4.69, 9.17) is 16.3 Å². The molecule has 0 aliphatic carbocycles. The van der Waals surface area contributed by atoms with Gasteiger partial charge in [0.1, 0.15) is 18.2 Å². The van der Waals surface area contributed by atoms with E-state index in [1.165, 1.54) is 0 Å². The van der Waals surface area contributed by atoms with Crippen LogP contribution in [0.25, 0.3) is 0 Å². The first kappa shape index (κ1) is 13.1. The van der Waals surface area contributed by atoms with Crippen molar-refractivity contribution in [3.63, 3.8) is 0 Å². The molecule has 2 rings (SSSR count). The van der Waals surface area contributed by atoms with E-state index < -0.39 is 0 Å². The zero-order valence-electron chi connectivity index (χ0n) is 9.65. The zero-order chi connectivity index (χ0) is 13.0. The van der Waals surface area contributed by atoms with Crippen molar-refractivity contribution >= 4 is 33.3 Å². The summed E-state index contributed by atoms with van der Waals surface area (Å²) in [4.78, 5) is 8.37. The molecule has 0 amide bonds. The first-order valence-electron chi connectivity index (χ1n) is 5.25. The van der Waals surface area contributed by atoms with Gasteiger partial charge in [-0.05, 0) is 18.2 Å². The number of benzene rings is 1. The van der Waals surface area contributed by atoms with Crippen LogP contribution in [0.15, 0.2) is 35.1 Å². The van der Waals surface area contributed by atoms with Crippen molar-refractivity contribution < 1.29 is 4.74 Å². The van der Waals surface area contributed by atoms with Crippen molar-refractivity contribution in [2.24, 2.45) is 0 Å². The van der Waals surface area contributed by atoms with E-state index in [1.807, 2.05) is 12.1 Å². The normalized spacial score (nSPS) is 10.2. The number of ether oxygens (including phenoxy) is 1. The van der Waals surface area contributed by atoms with Crippen LogP contribution in [0.1, 0.15) is 5.69 Å². The van der Waals surface area contributed by atoms with Crippen LogP contribution in [0, 0.1) is 0 Å². The van der Waals surface area contributed by atoms with Crippen LogP contribution in [0.4, 0.5) is 5.82 Å². The van der Waals surface area contributed by atoms with Crippen molar-refractivity contribution in [3.8, 4) is 5.75 Å². The summed E-state index contributed by atoms with van der Waals surface area (Å²) in [6.07, 6.45) is 3.32. The number of nitrogens with zero attached hydrogens (tertiary/aromatic N) is 2. The number of rotatable bonds is 4. The van der Waals surface area contributed by atoms with Crippen LogP contribution >= 0.6 is 27.5 Å². The van der Waals surface area contributed by atoms with Gasteiger partial charge in [-0.3, -0.25) is 4.98 Å². The highest BCUT2D eigenvalue weighted by Crippen LogP contribution is 2.28. The van der Waals surface area contributed by atoms with Gasteiger partial charge < -0.3 is 10.1 Å². The summed E-state index contributed by atoms with van der Waals surface area (Å²) in [6.45, 7) is 0.327.